The number of hydrogen-bond donors (Lipinski definition) is 0. The predicted molar refractivity (Wildman–Crippen MR) is 64.6 cm³/mol. The van der Waals surface area contributed by atoms with Crippen LogP contribution in [0, 0.1) is 0 Å². The number of rotatable bonds is 0. The highest BCUT2D eigenvalue weighted by atomic mass is 14.2. The van der Waals surface area contributed by atoms with Gasteiger partial charge in [-0.3, -0.25) is 0 Å². The van der Waals surface area contributed by atoms with E-state index in [0.717, 1.165) is 12.8 Å². The van der Waals surface area contributed by atoms with Crippen LogP contribution in [0.5, 0.6) is 0 Å². The first-order valence-electron chi connectivity index (χ1n) is 5.50. The van der Waals surface area contributed by atoms with E-state index in [1.165, 1.54) is 27.8 Å². The lowest BCUT2D eigenvalue weighted by atomic mass is 10.0. The van der Waals surface area contributed by atoms with Gasteiger partial charge in [0, 0.05) is 0 Å². The molecular formula is C15H14. The van der Waals surface area contributed by atoms with E-state index < -0.39 is 0 Å². The molecule has 1 aromatic carbocycles. The van der Waals surface area contributed by atoms with Gasteiger partial charge in [0.25, 0.3) is 0 Å². The smallest absolute Gasteiger partial charge is 0.00136 e. The molecule has 0 spiro atoms. The minimum absolute atomic E-state index is 1.09. The van der Waals surface area contributed by atoms with E-state index in [1.54, 1.807) is 0 Å². The van der Waals surface area contributed by atoms with E-state index in [-0.39, 0.29) is 0 Å². The van der Waals surface area contributed by atoms with Crippen molar-refractivity contribution in [2.75, 3.05) is 0 Å². The van der Waals surface area contributed by atoms with Gasteiger partial charge in [-0.1, -0.05) is 48.1 Å². The fourth-order valence-electron chi connectivity index (χ4n) is 2.37. The van der Waals surface area contributed by atoms with Gasteiger partial charge in [-0.15, -0.1) is 0 Å². The molecule has 0 N–H and O–H groups in total. The van der Waals surface area contributed by atoms with Crippen molar-refractivity contribution in [2.24, 2.45) is 0 Å². The molecule has 74 valence electrons. The maximum Gasteiger partial charge on any atom is -0.00136 e. The topological polar surface area (TPSA) is 0 Å². The van der Waals surface area contributed by atoms with Crippen LogP contribution in [0.2, 0.25) is 0 Å². The summed E-state index contributed by atoms with van der Waals surface area (Å²) >= 11 is 0. The average Bonchev–Trinajstić information content (AvgIpc) is 2.51. The number of hydrogen-bond acceptors (Lipinski definition) is 0. The van der Waals surface area contributed by atoms with Crippen LogP contribution in [0.1, 0.15) is 24.5 Å². The summed E-state index contributed by atoms with van der Waals surface area (Å²) in [6.07, 6.45) is 9.10. The van der Waals surface area contributed by atoms with Crippen LogP contribution in [-0.2, 0) is 6.42 Å². The van der Waals surface area contributed by atoms with Gasteiger partial charge in [-0.05, 0) is 42.0 Å². The molecular weight excluding hydrogens is 180 g/mol. The maximum atomic E-state index is 2.37. The SMILES string of the molecule is CC1=CC=C2Cc3ccccc3C2=CC1. The van der Waals surface area contributed by atoms with Crippen LogP contribution >= 0.6 is 0 Å². The Morgan fingerprint density at radius 2 is 1.93 bits per heavy atom. The zero-order valence-corrected chi connectivity index (χ0v) is 8.96. The third kappa shape index (κ3) is 1.37. The highest BCUT2D eigenvalue weighted by molar-refractivity contribution is 5.86. The summed E-state index contributed by atoms with van der Waals surface area (Å²) in [6.45, 7) is 2.20. The normalized spacial score (nSPS) is 18.3. The van der Waals surface area contributed by atoms with Crippen molar-refractivity contribution in [1.29, 1.82) is 0 Å². The fraction of sp³-hybridized carbons (Fsp3) is 0.200. The molecule has 1 aromatic rings. The van der Waals surface area contributed by atoms with Crippen molar-refractivity contribution in [3.63, 3.8) is 0 Å². The Morgan fingerprint density at radius 1 is 1.07 bits per heavy atom. The molecule has 0 heteroatoms. The first kappa shape index (κ1) is 8.72. The quantitative estimate of drug-likeness (QED) is 0.587. The van der Waals surface area contributed by atoms with Gasteiger partial charge in [-0.2, -0.15) is 0 Å². The van der Waals surface area contributed by atoms with Crippen LogP contribution in [0.4, 0.5) is 0 Å². The molecule has 0 unspecified atom stereocenters. The first-order chi connectivity index (χ1) is 7.34. The lowest BCUT2D eigenvalue weighted by Gasteiger charge is -2.00. The molecule has 0 fully saturated rings. The minimum atomic E-state index is 1.09. The van der Waals surface area contributed by atoms with Gasteiger partial charge >= 0.3 is 0 Å². The van der Waals surface area contributed by atoms with E-state index in [4.69, 9.17) is 0 Å². The Hall–Kier alpha value is -1.56. The molecule has 0 aliphatic heterocycles. The lowest BCUT2D eigenvalue weighted by molar-refractivity contribution is 1.22. The molecule has 0 bridgehead atoms. The molecule has 15 heavy (non-hydrogen) atoms. The second-order valence-corrected chi connectivity index (χ2v) is 4.36. The predicted octanol–water partition coefficient (Wildman–Crippen LogP) is 3.90. The van der Waals surface area contributed by atoms with Gasteiger partial charge in [0.2, 0.25) is 0 Å². The number of allylic oxidation sites excluding steroid dienone is 6. The van der Waals surface area contributed by atoms with Crippen molar-refractivity contribution in [3.05, 3.63) is 64.8 Å². The molecule has 2 aliphatic carbocycles. The lowest BCUT2D eigenvalue weighted by Crippen LogP contribution is -1.79. The average molecular weight is 194 g/mol. The van der Waals surface area contributed by atoms with Crippen molar-refractivity contribution in [1.82, 2.24) is 0 Å². The first-order valence-corrected chi connectivity index (χ1v) is 5.50. The third-order valence-electron chi connectivity index (χ3n) is 3.23. The van der Waals surface area contributed by atoms with Gasteiger partial charge in [-0.25, -0.2) is 0 Å². The Kier molecular flexibility index (Phi) is 1.88. The second kappa shape index (κ2) is 3.23. The maximum absolute atomic E-state index is 2.37. The molecule has 0 aromatic heterocycles. The van der Waals surface area contributed by atoms with Crippen LogP contribution in [0.15, 0.2) is 53.6 Å². The largest absolute Gasteiger partial charge is 0.0723 e. The summed E-state index contributed by atoms with van der Waals surface area (Å²) in [5.74, 6) is 0. The van der Waals surface area contributed by atoms with Gasteiger partial charge < -0.3 is 0 Å². The summed E-state index contributed by atoms with van der Waals surface area (Å²) in [5.41, 5.74) is 7.29. The van der Waals surface area contributed by atoms with Crippen LogP contribution < -0.4 is 0 Å². The molecule has 3 rings (SSSR count). The highest BCUT2D eigenvalue weighted by Crippen LogP contribution is 2.38. The van der Waals surface area contributed by atoms with Crippen molar-refractivity contribution in [3.8, 4) is 0 Å². The van der Waals surface area contributed by atoms with E-state index in [9.17, 15) is 0 Å². The van der Waals surface area contributed by atoms with E-state index >= 15 is 0 Å². The van der Waals surface area contributed by atoms with Crippen LogP contribution in [-0.4, -0.2) is 0 Å². The second-order valence-electron chi connectivity index (χ2n) is 4.36. The molecule has 0 nitrogen and oxygen atoms in total. The monoisotopic (exact) mass is 194 g/mol. The molecule has 0 amide bonds. The summed E-state index contributed by atoms with van der Waals surface area (Å²) in [7, 11) is 0. The molecule has 0 saturated carbocycles. The standard InChI is InChI=1S/C15H14/c1-11-6-8-13-10-12-4-2-3-5-14(12)15(13)9-7-11/h2-6,8-9H,7,10H2,1H3. The van der Waals surface area contributed by atoms with Crippen LogP contribution in [0.25, 0.3) is 5.57 Å². The molecule has 0 saturated heterocycles. The summed E-state index contributed by atoms with van der Waals surface area (Å²) in [5, 5.41) is 0. The van der Waals surface area contributed by atoms with E-state index in [1.807, 2.05) is 0 Å². The molecule has 0 heterocycles. The molecule has 0 radical (unpaired) electrons. The summed E-state index contributed by atoms with van der Waals surface area (Å²) < 4.78 is 0. The highest BCUT2D eigenvalue weighted by Gasteiger charge is 2.20. The van der Waals surface area contributed by atoms with E-state index in [0.29, 0.717) is 0 Å². The van der Waals surface area contributed by atoms with Gasteiger partial charge in [0.15, 0.2) is 0 Å². The van der Waals surface area contributed by atoms with Crippen LogP contribution in [0.3, 0.4) is 0 Å². The van der Waals surface area contributed by atoms with Crippen molar-refractivity contribution >= 4 is 5.57 Å². The molecule has 0 atom stereocenters. The third-order valence-corrected chi connectivity index (χ3v) is 3.23. The Balaban J connectivity index is 2.15. The molecule has 2 aliphatic rings. The van der Waals surface area contributed by atoms with Gasteiger partial charge in [0.05, 0.1) is 0 Å². The van der Waals surface area contributed by atoms with E-state index in [2.05, 4.69) is 49.4 Å². The summed E-state index contributed by atoms with van der Waals surface area (Å²) in [4.78, 5) is 0. The van der Waals surface area contributed by atoms with Crippen molar-refractivity contribution in [2.45, 2.75) is 19.8 Å². The zero-order valence-electron chi connectivity index (χ0n) is 8.96. The summed E-state index contributed by atoms with van der Waals surface area (Å²) in [6, 6.07) is 8.74. The van der Waals surface area contributed by atoms with Gasteiger partial charge in [0.1, 0.15) is 0 Å². The number of fused-ring (bicyclic) bond motifs is 3. The van der Waals surface area contributed by atoms with Crippen molar-refractivity contribution < 1.29 is 0 Å². The minimum Gasteiger partial charge on any atom is -0.0723 e. The fourth-order valence-corrected chi connectivity index (χ4v) is 2.37. The Labute approximate surface area is 90.6 Å². The number of benzene rings is 1. The zero-order chi connectivity index (χ0) is 10.3. The Morgan fingerprint density at radius 3 is 2.87 bits per heavy atom. The Bertz CT molecular complexity index is 499.